The van der Waals surface area contributed by atoms with Crippen LogP contribution >= 0.6 is 0 Å². The summed E-state index contributed by atoms with van der Waals surface area (Å²) in [7, 11) is -2.61. The summed E-state index contributed by atoms with van der Waals surface area (Å²) in [6.45, 7) is 17.9. The lowest BCUT2D eigenvalue weighted by atomic mass is 9.89. The van der Waals surface area contributed by atoms with Gasteiger partial charge in [-0.05, 0) is 30.9 Å². The first-order chi connectivity index (χ1) is 21.4. The second kappa shape index (κ2) is 13.1. The molecule has 0 amide bonds. The third-order valence-electron chi connectivity index (χ3n) is 10.2. The SMILES string of the molecule is CC(C)(C)[Si]1(C(C)(C)C)OC[C@]2(C)O[C@@H]3C[C@@H]4O[C@H](COCc5ccccc5)[C@@H](OCc5ccccc5)C[C@H]4O[C@H]3CC[C@H]2O1. The Balaban J connectivity index is 1.15. The average molecular weight is 639 g/mol. The largest absolute Gasteiger partial charge is 0.390 e. The zero-order valence-corrected chi connectivity index (χ0v) is 29.3. The summed E-state index contributed by atoms with van der Waals surface area (Å²) in [5.41, 5.74) is 1.76. The van der Waals surface area contributed by atoms with E-state index in [1.807, 2.05) is 36.4 Å². The Kier molecular flexibility index (Phi) is 9.70. The molecule has 2 aromatic carbocycles. The summed E-state index contributed by atoms with van der Waals surface area (Å²) in [6.07, 6.45) is 2.74. The van der Waals surface area contributed by atoms with E-state index in [0.717, 1.165) is 36.8 Å². The molecule has 4 fully saturated rings. The third-order valence-corrected chi connectivity index (χ3v) is 15.3. The van der Waals surface area contributed by atoms with Gasteiger partial charge in [0.2, 0.25) is 0 Å². The zero-order chi connectivity index (χ0) is 31.9. The van der Waals surface area contributed by atoms with Crippen molar-refractivity contribution >= 4 is 8.56 Å². The van der Waals surface area contributed by atoms with Gasteiger partial charge < -0.3 is 32.5 Å². The Hall–Kier alpha value is -1.62. The van der Waals surface area contributed by atoms with Gasteiger partial charge in [-0.1, -0.05) is 102 Å². The molecule has 248 valence electrons. The molecule has 0 bridgehead atoms. The lowest BCUT2D eigenvalue weighted by Crippen LogP contribution is -2.68. The summed E-state index contributed by atoms with van der Waals surface area (Å²) in [6, 6.07) is 20.6. The van der Waals surface area contributed by atoms with Gasteiger partial charge in [0.25, 0.3) is 0 Å². The van der Waals surface area contributed by atoms with Crippen LogP contribution in [0, 0.1) is 0 Å². The van der Waals surface area contributed by atoms with Crippen molar-refractivity contribution in [3.05, 3.63) is 71.8 Å². The van der Waals surface area contributed by atoms with Crippen molar-refractivity contribution in [2.75, 3.05) is 13.2 Å². The van der Waals surface area contributed by atoms with Gasteiger partial charge in [-0.3, -0.25) is 0 Å². The molecule has 0 spiro atoms. The number of hydrogen-bond acceptors (Lipinski definition) is 7. The minimum atomic E-state index is -2.61. The maximum atomic E-state index is 7.17. The first-order valence-electron chi connectivity index (χ1n) is 16.9. The lowest BCUT2D eigenvalue weighted by Gasteiger charge is -2.57. The number of fused-ring (bicyclic) bond motifs is 3. The van der Waals surface area contributed by atoms with Crippen LogP contribution in [0.5, 0.6) is 0 Å². The fourth-order valence-electron chi connectivity index (χ4n) is 8.06. The first kappa shape index (κ1) is 33.3. The summed E-state index contributed by atoms with van der Waals surface area (Å²) < 4.78 is 47.4. The molecule has 0 radical (unpaired) electrons. The van der Waals surface area contributed by atoms with Gasteiger partial charge in [0.05, 0.1) is 63.1 Å². The van der Waals surface area contributed by atoms with Crippen molar-refractivity contribution in [3.63, 3.8) is 0 Å². The first-order valence-corrected chi connectivity index (χ1v) is 18.8. The summed E-state index contributed by atoms with van der Waals surface area (Å²) in [4.78, 5) is 0. The maximum absolute atomic E-state index is 7.17. The predicted molar refractivity (Wildman–Crippen MR) is 176 cm³/mol. The van der Waals surface area contributed by atoms with Gasteiger partial charge in [0, 0.05) is 22.9 Å². The molecule has 0 unspecified atom stereocenters. The molecule has 4 aliphatic heterocycles. The van der Waals surface area contributed by atoms with E-state index in [0.29, 0.717) is 26.4 Å². The number of rotatable bonds is 7. The van der Waals surface area contributed by atoms with Crippen LogP contribution in [0.1, 0.15) is 85.3 Å². The van der Waals surface area contributed by atoms with Crippen LogP contribution in [0.25, 0.3) is 0 Å². The van der Waals surface area contributed by atoms with E-state index < -0.39 is 14.2 Å². The topological polar surface area (TPSA) is 64.6 Å². The standard InChI is InChI=1S/C37H54O7Si/c1-35(2,3)45(36(4,5)6)40-25-37(7)34(44-45)19-18-28-32(43-37)21-31-30(41-28)20-29(39-23-27-16-12-9-13-17-27)33(42-31)24-38-22-26-14-10-8-11-15-26/h8-17,28-34H,18-25H2,1-7H3/t28-,29-,30+,31-,32+,33+,34+,37-/m0/s1. The molecule has 8 atom stereocenters. The van der Waals surface area contributed by atoms with E-state index in [1.165, 1.54) is 0 Å². The van der Waals surface area contributed by atoms with Crippen LogP contribution < -0.4 is 0 Å². The van der Waals surface area contributed by atoms with Gasteiger partial charge in [0.1, 0.15) is 11.7 Å². The zero-order valence-electron chi connectivity index (χ0n) is 28.3. The molecule has 0 N–H and O–H groups in total. The molecule has 6 rings (SSSR count). The highest BCUT2D eigenvalue weighted by molar-refractivity contribution is 6.73. The number of benzene rings is 2. The van der Waals surface area contributed by atoms with E-state index >= 15 is 0 Å². The molecule has 2 aromatic rings. The molecule has 7 nitrogen and oxygen atoms in total. The Morgan fingerprint density at radius 3 is 2.02 bits per heavy atom. The van der Waals surface area contributed by atoms with Crippen LogP contribution in [-0.4, -0.2) is 70.1 Å². The predicted octanol–water partition coefficient (Wildman–Crippen LogP) is 7.50. The minimum Gasteiger partial charge on any atom is -0.390 e. The Morgan fingerprint density at radius 2 is 1.38 bits per heavy atom. The smallest absolute Gasteiger partial charge is 0.349 e. The van der Waals surface area contributed by atoms with E-state index in [-0.39, 0.29) is 52.8 Å². The molecule has 8 heteroatoms. The van der Waals surface area contributed by atoms with Gasteiger partial charge >= 0.3 is 8.56 Å². The summed E-state index contributed by atoms with van der Waals surface area (Å²) in [5.74, 6) is 0. The summed E-state index contributed by atoms with van der Waals surface area (Å²) >= 11 is 0. The number of ether oxygens (including phenoxy) is 5. The monoisotopic (exact) mass is 638 g/mol. The van der Waals surface area contributed by atoms with Crippen molar-refractivity contribution < 1.29 is 32.5 Å². The van der Waals surface area contributed by atoms with Crippen molar-refractivity contribution in [2.24, 2.45) is 0 Å². The lowest BCUT2D eigenvalue weighted by molar-refractivity contribution is -0.278. The Morgan fingerprint density at radius 1 is 0.756 bits per heavy atom. The van der Waals surface area contributed by atoms with Crippen molar-refractivity contribution in [3.8, 4) is 0 Å². The molecule has 0 saturated carbocycles. The van der Waals surface area contributed by atoms with Gasteiger partial charge in [0.15, 0.2) is 0 Å². The minimum absolute atomic E-state index is 0.0122. The van der Waals surface area contributed by atoms with E-state index in [2.05, 4.69) is 72.7 Å². The van der Waals surface area contributed by atoms with Crippen LogP contribution in [0.2, 0.25) is 10.1 Å². The van der Waals surface area contributed by atoms with Crippen LogP contribution in [0.3, 0.4) is 0 Å². The van der Waals surface area contributed by atoms with Crippen molar-refractivity contribution in [1.82, 2.24) is 0 Å². The Labute approximate surface area is 271 Å². The molecule has 4 saturated heterocycles. The van der Waals surface area contributed by atoms with Crippen LogP contribution in [0.4, 0.5) is 0 Å². The van der Waals surface area contributed by atoms with Crippen LogP contribution in [0.15, 0.2) is 60.7 Å². The molecule has 45 heavy (non-hydrogen) atoms. The highest BCUT2D eigenvalue weighted by Gasteiger charge is 2.65. The van der Waals surface area contributed by atoms with E-state index in [9.17, 15) is 0 Å². The van der Waals surface area contributed by atoms with Crippen LogP contribution in [-0.2, 0) is 45.8 Å². The van der Waals surface area contributed by atoms with Gasteiger partial charge in [-0.25, -0.2) is 0 Å². The molecular formula is C37H54O7Si. The summed E-state index contributed by atoms with van der Waals surface area (Å²) in [5, 5.41) is -0.144. The normalized spacial score (nSPS) is 35.0. The van der Waals surface area contributed by atoms with Gasteiger partial charge in [-0.2, -0.15) is 0 Å². The number of hydrogen-bond donors (Lipinski definition) is 0. The quantitative estimate of drug-likeness (QED) is 0.291. The molecule has 4 heterocycles. The van der Waals surface area contributed by atoms with Crippen molar-refractivity contribution in [1.29, 1.82) is 0 Å². The second-order valence-corrected chi connectivity index (χ2v) is 20.5. The molecular weight excluding hydrogens is 584 g/mol. The molecule has 0 aromatic heterocycles. The molecule has 0 aliphatic carbocycles. The average Bonchev–Trinajstić information content (AvgIpc) is 3.13. The van der Waals surface area contributed by atoms with E-state index in [4.69, 9.17) is 32.5 Å². The van der Waals surface area contributed by atoms with Gasteiger partial charge in [-0.15, -0.1) is 0 Å². The second-order valence-electron chi connectivity index (χ2n) is 15.8. The highest BCUT2D eigenvalue weighted by atomic mass is 28.4. The molecule has 4 aliphatic rings. The highest BCUT2D eigenvalue weighted by Crippen LogP contribution is 2.56. The maximum Gasteiger partial charge on any atom is 0.349 e. The van der Waals surface area contributed by atoms with Crippen molar-refractivity contribution in [2.45, 2.75) is 146 Å². The fraction of sp³-hybridized carbons (Fsp3) is 0.676. The fourth-order valence-corrected chi connectivity index (χ4v) is 13.2. The third kappa shape index (κ3) is 7.00. The van der Waals surface area contributed by atoms with E-state index in [1.54, 1.807) is 0 Å². The Bertz CT molecular complexity index is 1230.